The number of carbonyl (C=O) groups is 2. The summed E-state index contributed by atoms with van der Waals surface area (Å²) in [6, 6.07) is 3.57. The third-order valence-corrected chi connectivity index (χ3v) is 7.55. The van der Waals surface area contributed by atoms with Crippen molar-refractivity contribution < 1.29 is 28.9 Å². The Hall–Kier alpha value is -2.62. The van der Waals surface area contributed by atoms with E-state index in [9.17, 15) is 14.7 Å². The van der Waals surface area contributed by atoms with Gasteiger partial charge in [-0.1, -0.05) is 6.92 Å². The molecular formula is C24H30N2O6S. The molecule has 2 heterocycles. The van der Waals surface area contributed by atoms with Gasteiger partial charge in [0.2, 0.25) is 5.91 Å². The van der Waals surface area contributed by atoms with Crippen molar-refractivity contribution in [3.63, 3.8) is 0 Å². The molecule has 0 radical (unpaired) electrons. The number of hydrogen-bond donors (Lipinski definition) is 2. The summed E-state index contributed by atoms with van der Waals surface area (Å²) in [5.74, 6) is 1.12. The summed E-state index contributed by atoms with van der Waals surface area (Å²) in [7, 11) is 4.50. The molecule has 178 valence electrons. The molecular weight excluding hydrogens is 444 g/mol. The maximum atomic E-state index is 13.0. The third kappa shape index (κ3) is 4.58. The third-order valence-electron chi connectivity index (χ3n) is 6.38. The van der Waals surface area contributed by atoms with E-state index in [1.54, 1.807) is 26.4 Å². The monoisotopic (exact) mass is 474 g/mol. The molecule has 8 nitrogen and oxygen atoms in total. The first-order chi connectivity index (χ1) is 15.9. The molecule has 0 saturated carbocycles. The van der Waals surface area contributed by atoms with E-state index in [-0.39, 0.29) is 19.0 Å². The molecule has 1 amide bonds. The fraction of sp³-hybridized carbons (Fsp3) is 0.500. The Morgan fingerprint density at radius 2 is 1.91 bits per heavy atom. The van der Waals surface area contributed by atoms with E-state index in [2.05, 4.69) is 12.2 Å². The number of aliphatic hydroxyl groups is 1. The number of rotatable bonds is 6. The normalized spacial score (nSPS) is 19.9. The molecule has 1 aliphatic heterocycles. The second kappa shape index (κ2) is 9.70. The maximum Gasteiger partial charge on any atom is 0.341 e. The lowest BCUT2D eigenvalue weighted by molar-refractivity contribution is -0.117. The molecule has 0 bridgehead atoms. The van der Waals surface area contributed by atoms with Gasteiger partial charge in [0.15, 0.2) is 0 Å². The van der Waals surface area contributed by atoms with Gasteiger partial charge in [0.1, 0.15) is 16.5 Å². The van der Waals surface area contributed by atoms with Crippen LogP contribution in [0.3, 0.4) is 0 Å². The highest BCUT2D eigenvalue weighted by Gasteiger charge is 2.32. The van der Waals surface area contributed by atoms with Crippen molar-refractivity contribution in [3.8, 4) is 11.5 Å². The number of thiophene rings is 1. The molecule has 9 heteroatoms. The summed E-state index contributed by atoms with van der Waals surface area (Å²) in [6.07, 6.45) is 1.91. The van der Waals surface area contributed by atoms with Crippen LogP contribution in [0.25, 0.3) is 0 Å². The van der Waals surface area contributed by atoms with E-state index in [0.29, 0.717) is 40.1 Å². The molecule has 0 unspecified atom stereocenters. The molecule has 2 N–H and O–H groups in total. The Bertz CT molecular complexity index is 1070. The van der Waals surface area contributed by atoms with Crippen LogP contribution in [0.4, 0.5) is 5.00 Å². The molecule has 0 spiro atoms. The number of nitrogens with one attached hydrogen (secondary N) is 1. The lowest BCUT2D eigenvalue weighted by Crippen LogP contribution is -2.39. The fourth-order valence-electron chi connectivity index (χ4n) is 4.79. The summed E-state index contributed by atoms with van der Waals surface area (Å²) in [5.41, 5.74) is 2.98. The number of carbonyl (C=O) groups excluding carboxylic acids is 2. The molecule has 2 aromatic rings. The van der Waals surface area contributed by atoms with Crippen LogP contribution >= 0.6 is 11.3 Å². The van der Waals surface area contributed by atoms with Gasteiger partial charge < -0.3 is 24.6 Å². The average Bonchev–Trinajstić information content (AvgIpc) is 3.14. The number of amides is 1. The van der Waals surface area contributed by atoms with Crippen molar-refractivity contribution in [3.05, 3.63) is 39.3 Å². The Kier molecular flexibility index (Phi) is 6.92. The zero-order chi connectivity index (χ0) is 23.7. The smallest absolute Gasteiger partial charge is 0.341 e. The Labute approximate surface area is 197 Å². The lowest BCUT2D eigenvalue weighted by atomic mass is 9.88. The van der Waals surface area contributed by atoms with E-state index >= 15 is 0 Å². The number of anilines is 1. The minimum atomic E-state index is -0.812. The summed E-state index contributed by atoms with van der Waals surface area (Å²) < 4.78 is 15.9. The molecule has 2 atom stereocenters. The number of fused-ring (bicyclic) bond motifs is 2. The second-order valence-corrected chi connectivity index (χ2v) is 9.75. The molecule has 33 heavy (non-hydrogen) atoms. The van der Waals surface area contributed by atoms with Crippen LogP contribution in [0.15, 0.2) is 12.1 Å². The Morgan fingerprint density at radius 1 is 1.18 bits per heavy atom. The predicted octanol–water partition coefficient (Wildman–Crippen LogP) is 3.16. The van der Waals surface area contributed by atoms with Gasteiger partial charge >= 0.3 is 5.97 Å². The van der Waals surface area contributed by atoms with Gasteiger partial charge in [-0.2, -0.15) is 0 Å². The highest BCUT2D eigenvalue weighted by Crippen LogP contribution is 2.41. The van der Waals surface area contributed by atoms with E-state index in [4.69, 9.17) is 14.2 Å². The fourth-order valence-corrected chi connectivity index (χ4v) is 6.21. The molecule has 1 aromatic carbocycles. The standard InChI is InChI=1S/C24H30N2O6S/c1-13-5-6-14-19(9-13)33-23(22(14)24(29)32-4)25-20(28)12-26-10-15-17(30-2)7-8-18(31-3)21(15)16(27)11-26/h7-8,13,16,27H,5-6,9-12H2,1-4H3,(H,25,28)/t13-,16+/m1/s1. The molecule has 0 fully saturated rings. The summed E-state index contributed by atoms with van der Waals surface area (Å²) >= 11 is 1.46. The van der Waals surface area contributed by atoms with Crippen molar-refractivity contribution in [1.82, 2.24) is 4.90 Å². The van der Waals surface area contributed by atoms with Gasteiger partial charge in [0.25, 0.3) is 0 Å². The largest absolute Gasteiger partial charge is 0.496 e. The summed E-state index contributed by atoms with van der Waals surface area (Å²) in [6.45, 7) is 2.98. The number of nitrogens with zero attached hydrogens (tertiary/aromatic N) is 1. The van der Waals surface area contributed by atoms with E-state index in [0.717, 1.165) is 35.3 Å². The molecule has 2 aliphatic rings. The van der Waals surface area contributed by atoms with Crippen LogP contribution in [0, 0.1) is 5.92 Å². The van der Waals surface area contributed by atoms with Gasteiger partial charge in [-0.05, 0) is 42.9 Å². The van der Waals surface area contributed by atoms with Crippen LogP contribution in [0.5, 0.6) is 11.5 Å². The number of aliphatic hydroxyl groups excluding tert-OH is 1. The Balaban J connectivity index is 1.53. The SMILES string of the molecule is COC(=O)c1c(NC(=O)CN2Cc3c(OC)ccc(OC)c3[C@@H](O)C2)sc2c1CC[C@@H](C)C2. The average molecular weight is 475 g/mol. The first-order valence-electron chi connectivity index (χ1n) is 11.0. The molecule has 4 rings (SSSR count). The number of hydrogen-bond acceptors (Lipinski definition) is 8. The van der Waals surface area contributed by atoms with Crippen molar-refractivity contribution >= 4 is 28.2 Å². The van der Waals surface area contributed by atoms with Crippen molar-refractivity contribution in [2.24, 2.45) is 5.92 Å². The summed E-state index contributed by atoms with van der Waals surface area (Å²) in [5, 5.41) is 14.3. The van der Waals surface area contributed by atoms with Crippen molar-refractivity contribution in [2.45, 2.75) is 38.8 Å². The maximum absolute atomic E-state index is 13.0. The minimum Gasteiger partial charge on any atom is -0.496 e. The van der Waals surface area contributed by atoms with Crippen molar-refractivity contribution in [1.29, 1.82) is 0 Å². The van der Waals surface area contributed by atoms with E-state index in [1.807, 2.05) is 4.90 Å². The van der Waals surface area contributed by atoms with E-state index < -0.39 is 12.1 Å². The first-order valence-corrected chi connectivity index (χ1v) is 11.8. The van der Waals surface area contributed by atoms with Gasteiger partial charge in [0.05, 0.1) is 39.5 Å². The van der Waals surface area contributed by atoms with Gasteiger partial charge in [-0.3, -0.25) is 9.69 Å². The van der Waals surface area contributed by atoms with Gasteiger partial charge in [-0.25, -0.2) is 4.79 Å². The van der Waals surface area contributed by atoms with Crippen LogP contribution in [-0.4, -0.2) is 56.3 Å². The highest BCUT2D eigenvalue weighted by molar-refractivity contribution is 7.17. The number of ether oxygens (including phenoxy) is 3. The highest BCUT2D eigenvalue weighted by atomic mass is 32.1. The van der Waals surface area contributed by atoms with Crippen LogP contribution < -0.4 is 14.8 Å². The van der Waals surface area contributed by atoms with Crippen molar-refractivity contribution in [2.75, 3.05) is 39.7 Å². The lowest BCUT2D eigenvalue weighted by Gasteiger charge is -2.33. The van der Waals surface area contributed by atoms with E-state index in [1.165, 1.54) is 18.4 Å². The van der Waals surface area contributed by atoms with Gasteiger partial charge in [0, 0.05) is 29.1 Å². The number of methoxy groups -OCH3 is 3. The molecule has 0 saturated heterocycles. The summed E-state index contributed by atoms with van der Waals surface area (Å²) in [4.78, 5) is 28.5. The molecule has 1 aromatic heterocycles. The molecule has 1 aliphatic carbocycles. The topological polar surface area (TPSA) is 97.3 Å². The van der Waals surface area contributed by atoms with Crippen LogP contribution in [0.2, 0.25) is 0 Å². The van der Waals surface area contributed by atoms with Crippen LogP contribution in [-0.2, 0) is 28.9 Å². The zero-order valence-corrected chi connectivity index (χ0v) is 20.2. The number of esters is 1. The number of β-amino-alcohol motifs (C(OH)–C–C–N with tert-alkyl or cyclic N) is 1. The minimum absolute atomic E-state index is 0.0659. The zero-order valence-electron chi connectivity index (χ0n) is 19.4. The second-order valence-electron chi connectivity index (χ2n) is 8.64. The number of benzene rings is 1. The predicted molar refractivity (Wildman–Crippen MR) is 125 cm³/mol. The van der Waals surface area contributed by atoms with Crippen LogP contribution in [0.1, 0.15) is 51.4 Å². The Morgan fingerprint density at radius 3 is 2.61 bits per heavy atom. The first kappa shape index (κ1) is 23.5. The van der Waals surface area contributed by atoms with Gasteiger partial charge in [-0.15, -0.1) is 11.3 Å². The quantitative estimate of drug-likeness (QED) is 0.621.